The second-order valence-electron chi connectivity index (χ2n) is 5.67. The Morgan fingerprint density at radius 1 is 1.04 bits per heavy atom. The SMILES string of the molecule is COc1cccc(CNc2ccc(S(=O)(=O)Nc3ccccn3)cc2)c1O. The van der Waals surface area contributed by atoms with Gasteiger partial charge in [-0.1, -0.05) is 18.2 Å². The number of rotatable bonds is 7. The summed E-state index contributed by atoms with van der Waals surface area (Å²) in [6.45, 7) is 0.362. The van der Waals surface area contributed by atoms with Crippen LogP contribution in [0.2, 0.25) is 0 Å². The van der Waals surface area contributed by atoms with Crippen LogP contribution in [0.5, 0.6) is 11.5 Å². The van der Waals surface area contributed by atoms with Gasteiger partial charge >= 0.3 is 0 Å². The molecule has 3 rings (SSSR count). The van der Waals surface area contributed by atoms with Gasteiger partial charge in [0.25, 0.3) is 10.0 Å². The number of ether oxygens (including phenoxy) is 1. The molecule has 7 nitrogen and oxygen atoms in total. The maximum Gasteiger partial charge on any atom is 0.263 e. The molecule has 8 heteroatoms. The standard InChI is InChI=1S/C19H19N3O4S/c1-26-17-6-4-5-14(19(17)23)13-21-15-8-10-16(11-9-15)27(24,25)22-18-7-2-3-12-20-18/h2-12,21,23H,13H2,1H3,(H,20,22). The van der Waals surface area contributed by atoms with Crippen molar-refractivity contribution in [2.75, 3.05) is 17.1 Å². The lowest BCUT2D eigenvalue weighted by molar-refractivity contribution is 0.371. The summed E-state index contributed by atoms with van der Waals surface area (Å²) in [7, 11) is -2.22. The molecule has 0 unspecified atom stereocenters. The summed E-state index contributed by atoms with van der Waals surface area (Å²) in [5.74, 6) is 0.732. The number of nitrogens with one attached hydrogen (secondary N) is 2. The molecule has 140 valence electrons. The molecule has 2 aromatic carbocycles. The second kappa shape index (κ2) is 7.96. The number of pyridine rings is 1. The molecule has 3 aromatic rings. The third-order valence-electron chi connectivity index (χ3n) is 3.85. The zero-order valence-electron chi connectivity index (χ0n) is 14.6. The van der Waals surface area contributed by atoms with Gasteiger partial charge in [-0.2, -0.15) is 0 Å². The van der Waals surface area contributed by atoms with Gasteiger partial charge in [-0.05, 0) is 42.5 Å². The summed E-state index contributed by atoms with van der Waals surface area (Å²) in [5.41, 5.74) is 1.39. The molecular formula is C19H19N3O4S. The van der Waals surface area contributed by atoms with Gasteiger partial charge in [0.05, 0.1) is 12.0 Å². The summed E-state index contributed by atoms with van der Waals surface area (Å²) in [5, 5.41) is 13.2. The number of methoxy groups -OCH3 is 1. The van der Waals surface area contributed by atoms with Crippen LogP contribution in [0.4, 0.5) is 11.5 Å². The number of nitrogens with zero attached hydrogens (tertiary/aromatic N) is 1. The first-order valence-electron chi connectivity index (χ1n) is 8.12. The Labute approximate surface area is 157 Å². The maximum atomic E-state index is 12.4. The van der Waals surface area contributed by atoms with E-state index < -0.39 is 10.0 Å². The normalized spacial score (nSPS) is 11.0. The molecule has 1 heterocycles. The number of para-hydroxylation sites is 1. The van der Waals surface area contributed by atoms with Crippen molar-refractivity contribution in [1.29, 1.82) is 0 Å². The molecule has 0 radical (unpaired) electrons. The largest absolute Gasteiger partial charge is 0.504 e. The lowest BCUT2D eigenvalue weighted by Crippen LogP contribution is -2.13. The van der Waals surface area contributed by atoms with Gasteiger partial charge in [0.1, 0.15) is 5.82 Å². The van der Waals surface area contributed by atoms with Crippen molar-refractivity contribution in [1.82, 2.24) is 4.98 Å². The van der Waals surface area contributed by atoms with Crippen molar-refractivity contribution >= 4 is 21.5 Å². The Kier molecular flexibility index (Phi) is 5.46. The molecule has 0 bridgehead atoms. The van der Waals surface area contributed by atoms with Crippen LogP contribution in [0.25, 0.3) is 0 Å². The first-order chi connectivity index (χ1) is 13.0. The Morgan fingerprint density at radius 2 is 1.81 bits per heavy atom. The Morgan fingerprint density at radius 3 is 2.48 bits per heavy atom. The van der Waals surface area contributed by atoms with E-state index in [9.17, 15) is 13.5 Å². The van der Waals surface area contributed by atoms with Crippen LogP contribution in [-0.4, -0.2) is 25.6 Å². The lowest BCUT2D eigenvalue weighted by atomic mass is 10.2. The molecule has 0 aliphatic heterocycles. The first-order valence-corrected chi connectivity index (χ1v) is 9.60. The molecule has 0 amide bonds. The number of hydrogen-bond donors (Lipinski definition) is 3. The minimum absolute atomic E-state index is 0.0752. The number of aromatic hydroxyl groups is 1. The van der Waals surface area contributed by atoms with E-state index in [1.54, 1.807) is 48.5 Å². The molecule has 0 aliphatic carbocycles. The third-order valence-corrected chi connectivity index (χ3v) is 5.22. The van der Waals surface area contributed by atoms with Crippen LogP contribution in [0.15, 0.2) is 71.8 Å². The highest BCUT2D eigenvalue weighted by Gasteiger charge is 2.14. The van der Waals surface area contributed by atoms with Crippen molar-refractivity contribution in [3.05, 3.63) is 72.4 Å². The van der Waals surface area contributed by atoms with E-state index >= 15 is 0 Å². The fraction of sp³-hybridized carbons (Fsp3) is 0.105. The number of benzene rings is 2. The fourth-order valence-electron chi connectivity index (χ4n) is 2.44. The summed E-state index contributed by atoms with van der Waals surface area (Å²) in [6, 6.07) is 16.5. The predicted molar refractivity (Wildman–Crippen MR) is 103 cm³/mol. The summed E-state index contributed by atoms with van der Waals surface area (Å²) in [6.07, 6.45) is 1.51. The van der Waals surface area contributed by atoms with Crippen LogP contribution in [-0.2, 0) is 16.6 Å². The van der Waals surface area contributed by atoms with Crippen LogP contribution >= 0.6 is 0 Å². The highest BCUT2D eigenvalue weighted by atomic mass is 32.2. The number of phenolic OH excluding ortho intramolecular Hbond substituents is 1. The highest BCUT2D eigenvalue weighted by molar-refractivity contribution is 7.92. The molecule has 0 aliphatic rings. The number of aromatic nitrogens is 1. The monoisotopic (exact) mass is 385 g/mol. The minimum atomic E-state index is -3.71. The zero-order chi connectivity index (χ0) is 19.3. The Hall–Kier alpha value is -3.26. The molecule has 0 saturated heterocycles. The molecule has 0 fully saturated rings. The predicted octanol–water partition coefficient (Wildman–Crippen LogP) is 3.21. The molecule has 27 heavy (non-hydrogen) atoms. The molecule has 0 atom stereocenters. The van der Waals surface area contributed by atoms with Crippen molar-refractivity contribution in [2.24, 2.45) is 0 Å². The molecule has 0 saturated carbocycles. The van der Waals surface area contributed by atoms with Crippen molar-refractivity contribution < 1.29 is 18.3 Å². The van der Waals surface area contributed by atoms with Gasteiger partial charge in [0.2, 0.25) is 0 Å². The maximum absolute atomic E-state index is 12.4. The average Bonchev–Trinajstić information content (AvgIpc) is 2.68. The van der Waals surface area contributed by atoms with E-state index in [0.717, 1.165) is 0 Å². The van der Waals surface area contributed by atoms with E-state index in [4.69, 9.17) is 4.74 Å². The second-order valence-corrected chi connectivity index (χ2v) is 7.35. The van der Waals surface area contributed by atoms with Gasteiger partial charge in [-0.25, -0.2) is 13.4 Å². The van der Waals surface area contributed by atoms with Crippen molar-refractivity contribution in [2.45, 2.75) is 11.4 Å². The molecular weight excluding hydrogens is 366 g/mol. The van der Waals surface area contributed by atoms with Gasteiger partial charge in [0, 0.05) is 24.0 Å². The zero-order valence-corrected chi connectivity index (χ0v) is 15.4. The Bertz CT molecular complexity index is 1010. The van der Waals surface area contributed by atoms with Crippen LogP contribution in [0.3, 0.4) is 0 Å². The summed E-state index contributed by atoms with van der Waals surface area (Å²) < 4.78 is 32.3. The summed E-state index contributed by atoms with van der Waals surface area (Å²) >= 11 is 0. The topological polar surface area (TPSA) is 101 Å². The van der Waals surface area contributed by atoms with Gasteiger partial charge in [0.15, 0.2) is 11.5 Å². The molecule has 1 aromatic heterocycles. The van der Waals surface area contributed by atoms with Gasteiger partial charge in [-0.3, -0.25) is 4.72 Å². The van der Waals surface area contributed by atoms with E-state index in [1.165, 1.54) is 25.4 Å². The van der Waals surface area contributed by atoms with Gasteiger partial charge in [-0.15, -0.1) is 0 Å². The number of anilines is 2. The lowest BCUT2D eigenvalue weighted by Gasteiger charge is -2.11. The van der Waals surface area contributed by atoms with Crippen molar-refractivity contribution in [3.63, 3.8) is 0 Å². The van der Waals surface area contributed by atoms with Crippen LogP contribution in [0.1, 0.15) is 5.56 Å². The number of hydrogen-bond acceptors (Lipinski definition) is 6. The highest BCUT2D eigenvalue weighted by Crippen LogP contribution is 2.29. The molecule has 3 N–H and O–H groups in total. The average molecular weight is 385 g/mol. The quantitative estimate of drug-likeness (QED) is 0.577. The number of sulfonamides is 1. The minimum Gasteiger partial charge on any atom is -0.504 e. The first kappa shape index (κ1) is 18.5. The van der Waals surface area contributed by atoms with E-state index in [-0.39, 0.29) is 16.5 Å². The van der Waals surface area contributed by atoms with Crippen LogP contribution in [0, 0.1) is 0 Å². The summed E-state index contributed by atoms with van der Waals surface area (Å²) in [4.78, 5) is 4.08. The van der Waals surface area contributed by atoms with Gasteiger partial charge < -0.3 is 15.2 Å². The van der Waals surface area contributed by atoms with E-state index in [0.29, 0.717) is 23.5 Å². The molecule has 0 spiro atoms. The van der Waals surface area contributed by atoms with E-state index in [1.807, 2.05) is 0 Å². The Balaban J connectivity index is 1.68. The van der Waals surface area contributed by atoms with Crippen LogP contribution < -0.4 is 14.8 Å². The third kappa shape index (κ3) is 4.48. The van der Waals surface area contributed by atoms with E-state index in [2.05, 4.69) is 15.0 Å². The van der Waals surface area contributed by atoms with Crippen molar-refractivity contribution in [3.8, 4) is 11.5 Å². The smallest absolute Gasteiger partial charge is 0.263 e. The fourth-order valence-corrected chi connectivity index (χ4v) is 3.45. The number of phenols is 1.